The van der Waals surface area contributed by atoms with E-state index in [0.29, 0.717) is 30.5 Å². The lowest BCUT2D eigenvalue weighted by Gasteiger charge is -2.13. The van der Waals surface area contributed by atoms with Crippen LogP contribution in [0.3, 0.4) is 0 Å². The Kier molecular flexibility index (Phi) is 5.33. The number of rotatable bonds is 7. The lowest BCUT2D eigenvalue weighted by Crippen LogP contribution is -2.15. The largest absolute Gasteiger partial charge is 0.473 e. The summed E-state index contributed by atoms with van der Waals surface area (Å²) in [7, 11) is 0. The molecule has 3 heterocycles. The highest BCUT2D eigenvalue weighted by atomic mass is 19.1. The van der Waals surface area contributed by atoms with Crippen LogP contribution >= 0.6 is 0 Å². The minimum absolute atomic E-state index is 0.201. The van der Waals surface area contributed by atoms with Gasteiger partial charge in [0.2, 0.25) is 12.7 Å². The normalized spacial score (nSPS) is 12.3. The van der Waals surface area contributed by atoms with Gasteiger partial charge in [0.25, 0.3) is 0 Å². The molecule has 0 aliphatic carbocycles. The predicted molar refractivity (Wildman–Crippen MR) is 113 cm³/mol. The summed E-state index contributed by atoms with van der Waals surface area (Å²) in [6, 6.07) is 18.0. The molecule has 2 aromatic heterocycles. The molecule has 7 heteroatoms. The maximum absolute atomic E-state index is 13.5. The second-order valence-electron chi connectivity index (χ2n) is 7.19. The minimum Gasteiger partial charge on any atom is -0.473 e. The number of nitrogens with zero attached hydrogens (tertiary/aromatic N) is 2. The van der Waals surface area contributed by atoms with E-state index in [1.54, 1.807) is 12.3 Å². The molecule has 0 atom stereocenters. The van der Waals surface area contributed by atoms with E-state index in [-0.39, 0.29) is 19.2 Å². The lowest BCUT2D eigenvalue weighted by atomic mass is 10.1. The topological polar surface area (TPSA) is 65.5 Å². The first-order valence-electron chi connectivity index (χ1n) is 9.96. The van der Waals surface area contributed by atoms with Crippen LogP contribution < -0.4 is 19.5 Å². The van der Waals surface area contributed by atoms with E-state index in [0.717, 1.165) is 27.7 Å². The fourth-order valence-corrected chi connectivity index (χ4v) is 3.45. The van der Waals surface area contributed by atoms with Gasteiger partial charge in [-0.25, -0.2) is 9.37 Å². The molecular formula is C24H20FN3O3. The van der Waals surface area contributed by atoms with E-state index >= 15 is 0 Å². The number of pyridine rings is 2. The SMILES string of the molecule is Fc1cccc(COc2nc3cc4c(cc3cc2CNCc2ccccn2)OCO4)c1. The van der Waals surface area contributed by atoms with Crippen LogP contribution in [0, 0.1) is 5.82 Å². The number of ether oxygens (including phenoxy) is 3. The van der Waals surface area contributed by atoms with Crippen LogP contribution in [0.4, 0.5) is 4.39 Å². The molecule has 1 aliphatic heterocycles. The molecule has 0 spiro atoms. The smallest absolute Gasteiger partial charge is 0.231 e. The number of fused-ring (bicyclic) bond motifs is 2. The van der Waals surface area contributed by atoms with Crippen molar-refractivity contribution >= 4 is 10.9 Å². The Bertz CT molecular complexity index is 1220. The maximum Gasteiger partial charge on any atom is 0.231 e. The molecule has 0 saturated heterocycles. The van der Waals surface area contributed by atoms with Crippen molar-refractivity contribution < 1.29 is 18.6 Å². The van der Waals surface area contributed by atoms with Gasteiger partial charge < -0.3 is 19.5 Å². The van der Waals surface area contributed by atoms with E-state index in [9.17, 15) is 4.39 Å². The molecule has 31 heavy (non-hydrogen) atoms. The molecule has 0 amide bonds. The van der Waals surface area contributed by atoms with Gasteiger partial charge in [-0.15, -0.1) is 0 Å². The third kappa shape index (κ3) is 4.41. The van der Waals surface area contributed by atoms with Crippen LogP contribution in [-0.4, -0.2) is 16.8 Å². The number of benzene rings is 2. The molecule has 0 radical (unpaired) electrons. The van der Waals surface area contributed by atoms with Crippen molar-refractivity contribution in [2.24, 2.45) is 0 Å². The molecule has 0 saturated carbocycles. The van der Waals surface area contributed by atoms with Gasteiger partial charge in [-0.3, -0.25) is 4.98 Å². The Morgan fingerprint density at radius 3 is 2.71 bits per heavy atom. The van der Waals surface area contributed by atoms with Gasteiger partial charge in [0.05, 0.1) is 11.2 Å². The number of hydrogen-bond acceptors (Lipinski definition) is 6. The first kappa shape index (κ1) is 19.3. The summed E-state index contributed by atoms with van der Waals surface area (Å²) in [5.41, 5.74) is 3.31. The van der Waals surface area contributed by atoms with E-state index in [1.165, 1.54) is 12.1 Å². The average molecular weight is 417 g/mol. The number of halogens is 1. The highest BCUT2D eigenvalue weighted by Crippen LogP contribution is 2.37. The van der Waals surface area contributed by atoms with Crippen molar-refractivity contribution in [2.75, 3.05) is 6.79 Å². The van der Waals surface area contributed by atoms with Crippen molar-refractivity contribution in [3.63, 3.8) is 0 Å². The van der Waals surface area contributed by atoms with E-state index in [4.69, 9.17) is 19.2 Å². The van der Waals surface area contributed by atoms with Crippen molar-refractivity contribution in [2.45, 2.75) is 19.7 Å². The summed E-state index contributed by atoms with van der Waals surface area (Å²) < 4.78 is 30.5. The second-order valence-corrected chi connectivity index (χ2v) is 7.19. The van der Waals surface area contributed by atoms with E-state index < -0.39 is 0 Å². The number of nitrogens with one attached hydrogen (secondary N) is 1. The van der Waals surface area contributed by atoms with Gasteiger partial charge in [0.15, 0.2) is 11.5 Å². The van der Waals surface area contributed by atoms with Gasteiger partial charge >= 0.3 is 0 Å². The van der Waals surface area contributed by atoms with Crippen LogP contribution in [0.15, 0.2) is 66.9 Å². The summed E-state index contributed by atoms with van der Waals surface area (Å²) >= 11 is 0. The summed E-state index contributed by atoms with van der Waals surface area (Å²) in [5, 5.41) is 4.31. The quantitative estimate of drug-likeness (QED) is 0.482. The maximum atomic E-state index is 13.5. The Morgan fingerprint density at radius 2 is 1.87 bits per heavy atom. The number of hydrogen-bond donors (Lipinski definition) is 1. The van der Waals surface area contributed by atoms with E-state index in [2.05, 4.69) is 10.3 Å². The summed E-state index contributed by atoms with van der Waals surface area (Å²) in [5.74, 6) is 1.56. The Labute approximate surface area is 178 Å². The molecular weight excluding hydrogens is 397 g/mol. The van der Waals surface area contributed by atoms with Crippen LogP contribution in [0.5, 0.6) is 17.4 Å². The molecule has 6 nitrogen and oxygen atoms in total. The Balaban J connectivity index is 1.41. The molecule has 0 unspecified atom stereocenters. The van der Waals surface area contributed by atoms with Gasteiger partial charge in [-0.1, -0.05) is 18.2 Å². The first-order valence-corrected chi connectivity index (χ1v) is 9.96. The number of aromatic nitrogens is 2. The van der Waals surface area contributed by atoms with Crippen molar-refractivity contribution in [3.8, 4) is 17.4 Å². The fourth-order valence-electron chi connectivity index (χ4n) is 3.45. The van der Waals surface area contributed by atoms with E-state index in [1.807, 2.05) is 42.5 Å². The van der Waals surface area contributed by atoms with Gasteiger partial charge in [-0.05, 0) is 42.0 Å². The first-order chi connectivity index (χ1) is 15.2. The summed E-state index contributed by atoms with van der Waals surface area (Å²) in [6.07, 6.45) is 1.77. The second kappa shape index (κ2) is 8.57. The van der Waals surface area contributed by atoms with Crippen LogP contribution in [-0.2, 0) is 19.7 Å². The lowest BCUT2D eigenvalue weighted by molar-refractivity contribution is 0.174. The highest BCUT2D eigenvalue weighted by Gasteiger charge is 2.17. The van der Waals surface area contributed by atoms with Crippen LogP contribution in [0.25, 0.3) is 10.9 Å². The molecule has 4 aromatic rings. The molecule has 0 fully saturated rings. The molecule has 1 N–H and O–H groups in total. The van der Waals surface area contributed by atoms with Crippen LogP contribution in [0.2, 0.25) is 0 Å². The van der Waals surface area contributed by atoms with Crippen molar-refractivity contribution in [1.82, 2.24) is 15.3 Å². The average Bonchev–Trinajstić information content (AvgIpc) is 3.24. The minimum atomic E-state index is -0.294. The Morgan fingerprint density at radius 1 is 0.968 bits per heavy atom. The van der Waals surface area contributed by atoms with Gasteiger partial charge in [0, 0.05) is 36.3 Å². The van der Waals surface area contributed by atoms with Crippen molar-refractivity contribution in [3.05, 3.63) is 89.5 Å². The standard InChI is InChI=1S/C24H20FN3O3/c25-19-5-3-4-16(8-19)14-29-24-18(12-26-13-20-6-1-2-7-27-20)9-17-10-22-23(31-15-30-22)11-21(17)28-24/h1-11,26H,12-15H2. The molecule has 2 aromatic carbocycles. The molecule has 156 valence electrons. The Hall–Kier alpha value is -3.71. The zero-order chi connectivity index (χ0) is 21.0. The zero-order valence-electron chi connectivity index (χ0n) is 16.7. The molecule has 0 bridgehead atoms. The predicted octanol–water partition coefficient (Wildman–Crippen LogP) is 4.37. The van der Waals surface area contributed by atoms with Gasteiger partial charge in [-0.2, -0.15) is 0 Å². The summed E-state index contributed by atoms with van der Waals surface area (Å²) in [4.78, 5) is 9.04. The van der Waals surface area contributed by atoms with Gasteiger partial charge in [0.1, 0.15) is 12.4 Å². The molecule has 1 aliphatic rings. The monoisotopic (exact) mass is 417 g/mol. The molecule has 5 rings (SSSR count). The highest BCUT2D eigenvalue weighted by molar-refractivity contribution is 5.84. The summed E-state index contributed by atoms with van der Waals surface area (Å²) in [6.45, 7) is 1.57. The van der Waals surface area contributed by atoms with Crippen LogP contribution in [0.1, 0.15) is 16.8 Å². The third-order valence-corrected chi connectivity index (χ3v) is 4.96. The zero-order valence-corrected chi connectivity index (χ0v) is 16.7. The fraction of sp³-hybridized carbons (Fsp3) is 0.167. The van der Waals surface area contributed by atoms with Crippen molar-refractivity contribution in [1.29, 1.82) is 0 Å². The third-order valence-electron chi connectivity index (χ3n) is 4.96.